The topological polar surface area (TPSA) is 55.8 Å². The van der Waals surface area contributed by atoms with Crippen LogP contribution in [-0.4, -0.2) is 24.8 Å². The van der Waals surface area contributed by atoms with Crippen LogP contribution < -0.4 is 14.4 Å². The predicted molar refractivity (Wildman–Crippen MR) is 105 cm³/mol. The number of allylic oxidation sites excluding steroid dienone is 1. The van der Waals surface area contributed by atoms with Gasteiger partial charge in [0.15, 0.2) is 5.76 Å². The number of carbonyl (C=O) groups excluding carboxylic acids is 2. The third kappa shape index (κ3) is 3.87. The Morgan fingerprint density at radius 1 is 1.15 bits per heavy atom. The van der Waals surface area contributed by atoms with Gasteiger partial charge in [-0.25, -0.2) is 0 Å². The summed E-state index contributed by atoms with van der Waals surface area (Å²) >= 11 is 0. The van der Waals surface area contributed by atoms with Crippen LogP contribution in [0.1, 0.15) is 42.3 Å². The molecule has 0 atom stereocenters. The Labute approximate surface area is 159 Å². The van der Waals surface area contributed by atoms with E-state index in [1.165, 1.54) is 6.92 Å². The van der Waals surface area contributed by atoms with Crippen LogP contribution in [0.4, 0.5) is 5.69 Å². The summed E-state index contributed by atoms with van der Waals surface area (Å²) in [7, 11) is 0. The summed E-state index contributed by atoms with van der Waals surface area (Å²) in [6, 6.07) is 11.3. The van der Waals surface area contributed by atoms with Crippen LogP contribution >= 0.6 is 0 Å². The molecule has 0 saturated heterocycles. The van der Waals surface area contributed by atoms with Crippen LogP contribution in [0.3, 0.4) is 0 Å². The van der Waals surface area contributed by atoms with Crippen LogP contribution in [0.2, 0.25) is 0 Å². The van der Waals surface area contributed by atoms with E-state index in [9.17, 15) is 9.59 Å². The van der Waals surface area contributed by atoms with E-state index < -0.39 is 5.97 Å². The molecule has 0 saturated carbocycles. The second-order valence-electron chi connectivity index (χ2n) is 6.41. The molecular weight excluding hydrogens is 342 g/mol. The summed E-state index contributed by atoms with van der Waals surface area (Å²) in [5.41, 5.74) is 3.26. The lowest BCUT2D eigenvalue weighted by atomic mass is 10.0. The number of Topliss-reactive ketones (excluding diaryl/α,β-unsaturated/α-hetero) is 1. The smallest absolute Gasteiger partial charge is 0.308 e. The maximum absolute atomic E-state index is 12.7. The number of anilines is 1. The molecule has 27 heavy (non-hydrogen) atoms. The Hall–Kier alpha value is -3.08. The number of hydrogen-bond acceptors (Lipinski definition) is 5. The molecule has 0 unspecified atom stereocenters. The molecule has 140 valence electrons. The Morgan fingerprint density at radius 3 is 2.41 bits per heavy atom. The van der Waals surface area contributed by atoms with Gasteiger partial charge in [0.05, 0.1) is 5.56 Å². The molecule has 1 aliphatic heterocycles. The number of ketones is 1. The van der Waals surface area contributed by atoms with Gasteiger partial charge in [-0.1, -0.05) is 12.1 Å². The molecule has 0 spiro atoms. The zero-order valence-electron chi connectivity index (χ0n) is 16.0. The van der Waals surface area contributed by atoms with E-state index in [1.807, 2.05) is 24.3 Å². The van der Waals surface area contributed by atoms with Gasteiger partial charge in [-0.2, -0.15) is 0 Å². The zero-order chi connectivity index (χ0) is 19.6. The first-order valence-electron chi connectivity index (χ1n) is 9.05. The van der Waals surface area contributed by atoms with Crippen LogP contribution in [-0.2, 0) is 4.79 Å². The minimum absolute atomic E-state index is 0.162. The summed E-state index contributed by atoms with van der Waals surface area (Å²) in [6.07, 6.45) is 1.74. The molecular formula is C22H23NO4. The largest absolute Gasteiger partial charge is 0.452 e. The number of fused-ring (bicyclic) bond motifs is 1. The molecule has 2 aromatic carbocycles. The first kappa shape index (κ1) is 18.7. The maximum Gasteiger partial charge on any atom is 0.308 e. The number of benzene rings is 2. The lowest BCUT2D eigenvalue weighted by molar-refractivity contribution is -0.131. The molecule has 5 heteroatoms. The third-order valence-corrected chi connectivity index (χ3v) is 4.52. The Morgan fingerprint density at radius 2 is 1.81 bits per heavy atom. The van der Waals surface area contributed by atoms with E-state index in [2.05, 4.69) is 18.7 Å². The Bertz CT molecular complexity index is 909. The van der Waals surface area contributed by atoms with Gasteiger partial charge < -0.3 is 14.4 Å². The van der Waals surface area contributed by atoms with Crippen LogP contribution in [0.25, 0.3) is 6.08 Å². The van der Waals surface area contributed by atoms with Crippen molar-refractivity contribution in [2.45, 2.75) is 27.7 Å². The van der Waals surface area contributed by atoms with Crippen molar-refractivity contribution < 1.29 is 19.1 Å². The highest BCUT2D eigenvalue weighted by molar-refractivity contribution is 6.15. The van der Waals surface area contributed by atoms with E-state index in [1.54, 1.807) is 25.1 Å². The summed E-state index contributed by atoms with van der Waals surface area (Å²) in [5.74, 6) is 0.481. The van der Waals surface area contributed by atoms with E-state index in [-0.39, 0.29) is 11.5 Å². The van der Waals surface area contributed by atoms with E-state index >= 15 is 0 Å². The molecule has 2 aromatic rings. The molecule has 3 rings (SSSR count). The zero-order valence-corrected chi connectivity index (χ0v) is 16.0. The summed E-state index contributed by atoms with van der Waals surface area (Å²) in [6.45, 7) is 9.26. The maximum atomic E-state index is 12.7. The summed E-state index contributed by atoms with van der Waals surface area (Å²) in [5, 5.41) is 0. The van der Waals surface area contributed by atoms with Gasteiger partial charge in [0, 0.05) is 31.8 Å². The van der Waals surface area contributed by atoms with Crippen molar-refractivity contribution in [2.24, 2.45) is 0 Å². The second-order valence-corrected chi connectivity index (χ2v) is 6.41. The lowest BCUT2D eigenvalue weighted by Crippen LogP contribution is -2.21. The van der Waals surface area contributed by atoms with Crippen molar-refractivity contribution in [3.05, 3.63) is 58.8 Å². The number of aryl methyl sites for hydroxylation is 1. The van der Waals surface area contributed by atoms with Crippen molar-refractivity contribution in [3.63, 3.8) is 0 Å². The molecule has 0 fully saturated rings. The fourth-order valence-corrected chi connectivity index (χ4v) is 3.22. The molecule has 0 radical (unpaired) electrons. The van der Waals surface area contributed by atoms with E-state index in [4.69, 9.17) is 9.47 Å². The third-order valence-electron chi connectivity index (χ3n) is 4.52. The molecule has 0 aromatic heterocycles. The number of nitrogens with zero attached hydrogens (tertiary/aromatic N) is 1. The summed E-state index contributed by atoms with van der Waals surface area (Å²) < 4.78 is 10.9. The normalized spacial score (nSPS) is 14.1. The number of esters is 1. The molecule has 5 nitrogen and oxygen atoms in total. The van der Waals surface area contributed by atoms with Crippen molar-refractivity contribution in [3.8, 4) is 11.5 Å². The first-order valence-corrected chi connectivity index (χ1v) is 9.05. The number of ether oxygens (including phenoxy) is 2. The van der Waals surface area contributed by atoms with E-state index in [0.29, 0.717) is 22.6 Å². The molecule has 0 bridgehead atoms. The Balaban J connectivity index is 1.87. The second kappa shape index (κ2) is 7.66. The van der Waals surface area contributed by atoms with Gasteiger partial charge in [0.1, 0.15) is 11.5 Å². The number of carbonyl (C=O) groups is 2. The molecule has 1 aliphatic rings. The van der Waals surface area contributed by atoms with Crippen molar-refractivity contribution in [1.29, 1.82) is 0 Å². The summed E-state index contributed by atoms with van der Waals surface area (Å²) in [4.78, 5) is 26.1. The van der Waals surface area contributed by atoms with Crippen molar-refractivity contribution in [2.75, 3.05) is 18.0 Å². The standard InChI is InChI=1S/C22H23NO4/c1-5-23(6-2)17-9-7-16(8-10-17)12-20-22(25)21-14(3)11-18(26-15(4)24)13-19(21)27-20/h7-13H,5-6H2,1-4H3/b20-12-. The Kier molecular flexibility index (Phi) is 5.31. The van der Waals surface area contributed by atoms with Gasteiger partial charge in [0.2, 0.25) is 5.78 Å². The monoisotopic (exact) mass is 365 g/mol. The molecule has 0 aliphatic carbocycles. The minimum atomic E-state index is -0.414. The SMILES string of the molecule is CCN(CC)c1ccc(/C=C2\Oc3cc(OC(C)=O)cc(C)c3C2=O)cc1. The molecule has 1 heterocycles. The lowest BCUT2D eigenvalue weighted by Gasteiger charge is -2.20. The minimum Gasteiger partial charge on any atom is -0.452 e. The van der Waals surface area contributed by atoms with Crippen molar-refractivity contribution in [1.82, 2.24) is 0 Å². The van der Waals surface area contributed by atoms with Crippen LogP contribution in [0.5, 0.6) is 11.5 Å². The number of hydrogen-bond donors (Lipinski definition) is 0. The first-order chi connectivity index (χ1) is 12.9. The molecule has 0 amide bonds. The van der Waals surface area contributed by atoms with Crippen LogP contribution in [0.15, 0.2) is 42.2 Å². The highest BCUT2D eigenvalue weighted by Crippen LogP contribution is 2.37. The van der Waals surface area contributed by atoms with Crippen LogP contribution in [0, 0.1) is 6.92 Å². The highest BCUT2D eigenvalue weighted by atomic mass is 16.5. The van der Waals surface area contributed by atoms with Gasteiger partial charge in [0.25, 0.3) is 0 Å². The average molecular weight is 365 g/mol. The average Bonchev–Trinajstić information content (AvgIpc) is 2.93. The van der Waals surface area contributed by atoms with Gasteiger partial charge >= 0.3 is 5.97 Å². The highest BCUT2D eigenvalue weighted by Gasteiger charge is 2.30. The van der Waals surface area contributed by atoms with Gasteiger partial charge in [-0.15, -0.1) is 0 Å². The van der Waals surface area contributed by atoms with Gasteiger partial charge in [-0.05, 0) is 56.2 Å². The van der Waals surface area contributed by atoms with Crippen molar-refractivity contribution >= 4 is 23.5 Å². The van der Waals surface area contributed by atoms with Gasteiger partial charge in [-0.3, -0.25) is 9.59 Å². The van der Waals surface area contributed by atoms with E-state index in [0.717, 1.165) is 24.3 Å². The fourth-order valence-electron chi connectivity index (χ4n) is 3.22. The number of rotatable bonds is 5. The predicted octanol–water partition coefficient (Wildman–Crippen LogP) is 4.38. The fraction of sp³-hybridized carbons (Fsp3) is 0.273. The quantitative estimate of drug-likeness (QED) is 0.447. The molecule has 0 N–H and O–H groups in total.